The van der Waals surface area contributed by atoms with Crippen molar-refractivity contribution in [3.8, 4) is 11.5 Å². The number of β-amino-alcohol motifs (C(OH)–C–C–N with tert-alkyl or cyclic N) is 1. The fourth-order valence-corrected chi connectivity index (χ4v) is 3.93. The first-order chi connectivity index (χ1) is 14.3. The van der Waals surface area contributed by atoms with Gasteiger partial charge in [0, 0.05) is 49.0 Å². The molecule has 0 saturated carbocycles. The van der Waals surface area contributed by atoms with Crippen LogP contribution < -0.4 is 14.4 Å². The number of aliphatic hydroxyl groups excluding tert-OH is 1. The number of anilines is 1. The molecule has 0 radical (unpaired) electrons. The lowest BCUT2D eigenvalue weighted by molar-refractivity contribution is 0.0656. The highest BCUT2D eigenvalue weighted by Crippen LogP contribution is 2.34. The molecule has 1 fully saturated rings. The van der Waals surface area contributed by atoms with E-state index in [9.17, 15) is 5.11 Å². The molecule has 0 aliphatic carbocycles. The molecule has 3 rings (SSSR count). The zero-order chi connectivity index (χ0) is 21.7. The van der Waals surface area contributed by atoms with Crippen LogP contribution in [0.1, 0.15) is 26.3 Å². The number of methoxy groups -OCH3 is 1. The number of aliphatic hydroxyl groups is 1. The van der Waals surface area contributed by atoms with Gasteiger partial charge in [-0.05, 0) is 41.8 Å². The molecular formula is C24H33ClN2O3. The van der Waals surface area contributed by atoms with E-state index >= 15 is 0 Å². The minimum Gasteiger partial charge on any atom is -0.497 e. The van der Waals surface area contributed by atoms with E-state index in [1.54, 1.807) is 7.11 Å². The number of ether oxygens (including phenoxy) is 2. The van der Waals surface area contributed by atoms with Gasteiger partial charge in [-0.25, -0.2) is 0 Å². The van der Waals surface area contributed by atoms with E-state index in [1.165, 1.54) is 0 Å². The summed E-state index contributed by atoms with van der Waals surface area (Å²) in [5, 5.41) is 11.3. The maximum atomic E-state index is 10.6. The Morgan fingerprint density at radius 3 is 2.43 bits per heavy atom. The van der Waals surface area contributed by atoms with Crippen LogP contribution in [0.5, 0.6) is 11.5 Å². The van der Waals surface area contributed by atoms with Gasteiger partial charge >= 0.3 is 0 Å². The summed E-state index contributed by atoms with van der Waals surface area (Å²) in [6.45, 7) is 10.9. The van der Waals surface area contributed by atoms with Gasteiger partial charge in [0.1, 0.15) is 24.2 Å². The van der Waals surface area contributed by atoms with Crippen molar-refractivity contribution >= 4 is 17.3 Å². The molecule has 1 saturated heterocycles. The molecule has 5 nitrogen and oxygen atoms in total. The van der Waals surface area contributed by atoms with Crippen LogP contribution in [-0.4, -0.2) is 62.6 Å². The van der Waals surface area contributed by atoms with E-state index in [2.05, 4.69) is 36.6 Å². The number of nitrogens with zero attached hydrogens (tertiary/aromatic N) is 2. The summed E-state index contributed by atoms with van der Waals surface area (Å²) in [7, 11) is 1.66. The Morgan fingerprint density at radius 1 is 1.07 bits per heavy atom. The quantitative estimate of drug-likeness (QED) is 0.710. The van der Waals surface area contributed by atoms with Crippen LogP contribution in [0.4, 0.5) is 5.69 Å². The maximum absolute atomic E-state index is 10.6. The van der Waals surface area contributed by atoms with E-state index < -0.39 is 6.10 Å². The molecule has 1 atom stereocenters. The Labute approximate surface area is 185 Å². The molecular weight excluding hydrogens is 400 g/mol. The zero-order valence-electron chi connectivity index (χ0n) is 18.4. The Kier molecular flexibility index (Phi) is 7.50. The first-order valence-corrected chi connectivity index (χ1v) is 10.9. The second kappa shape index (κ2) is 9.90. The van der Waals surface area contributed by atoms with Crippen LogP contribution in [0.15, 0.2) is 42.5 Å². The Bertz CT molecular complexity index is 829. The van der Waals surface area contributed by atoms with Crippen molar-refractivity contribution in [3.05, 3.63) is 53.1 Å². The highest BCUT2D eigenvalue weighted by atomic mass is 35.5. The number of hydrogen-bond acceptors (Lipinski definition) is 5. The number of benzene rings is 2. The van der Waals surface area contributed by atoms with Crippen molar-refractivity contribution in [1.29, 1.82) is 0 Å². The van der Waals surface area contributed by atoms with Crippen molar-refractivity contribution in [3.63, 3.8) is 0 Å². The first kappa shape index (κ1) is 22.7. The van der Waals surface area contributed by atoms with Crippen molar-refractivity contribution in [2.45, 2.75) is 32.3 Å². The standard InChI is InChI=1S/C24H33ClN2O3/c1-24(2,3)22-15-21(29-4)8-9-23(22)30-17-20(28)16-26-10-12-27(13-11-26)19-7-5-6-18(25)14-19/h5-9,14-15,20,28H,10-13,16-17H2,1-4H3/t20-/m1/s1. The van der Waals surface area contributed by atoms with E-state index in [0.29, 0.717) is 6.54 Å². The normalized spacial score (nSPS) is 16.4. The first-order valence-electron chi connectivity index (χ1n) is 10.5. The lowest BCUT2D eigenvalue weighted by Gasteiger charge is -2.37. The van der Waals surface area contributed by atoms with Crippen molar-refractivity contribution in [2.24, 2.45) is 0 Å². The molecule has 164 valence electrons. The average molecular weight is 433 g/mol. The Morgan fingerprint density at radius 2 is 1.80 bits per heavy atom. The second-order valence-corrected chi connectivity index (χ2v) is 9.28. The molecule has 1 heterocycles. The number of piperazine rings is 1. The molecule has 6 heteroatoms. The minimum atomic E-state index is -0.544. The van der Waals surface area contributed by atoms with Gasteiger partial charge in [-0.15, -0.1) is 0 Å². The molecule has 0 bridgehead atoms. The highest BCUT2D eigenvalue weighted by molar-refractivity contribution is 6.30. The molecule has 2 aromatic rings. The Balaban J connectivity index is 1.51. The smallest absolute Gasteiger partial charge is 0.123 e. The van der Waals surface area contributed by atoms with Gasteiger partial charge in [0.25, 0.3) is 0 Å². The van der Waals surface area contributed by atoms with Gasteiger partial charge in [-0.2, -0.15) is 0 Å². The van der Waals surface area contributed by atoms with Gasteiger partial charge < -0.3 is 19.5 Å². The fraction of sp³-hybridized carbons (Fsp3) is 0.500. The van der Waals surface area contributed by atoms with E-state index in [4.69, 9.17) is 21.1 Å². The van der Waals surface area contributed by atoms with Crippen LogP contribution in [-0.2, 0) is 5.41 Å². The molecule has 0 aromatic heterocycles. The lowest BCUT2D eigenvalue weighted by Crippen LogP contribution is -2.49. The maximum Gasteiger partial charge on any atom is 0.123 e. The number of hydrogen-bond donors (Lipinski definition) is 1. The third kappa shape index (κ3) is 6.03. The van der Waals surface area contributed by atoms with Gasteiger partial charge in [-0.3, -0.25) is 4.90 Å². The van der Waals surface area contributed by atoms with Crippen molar-refractivity contribution < 1.29 is 14.6 Å². The zero-order valence-corrected chi connectivity index (χ0v) is 19.2. The van der Waals surface area contributed by atoms with Crippen molar-refractivity contribution in [2.75, 3.05) is 51.3 Å². The summed E-state index contributed by atoms with van der Waals surface area (Å²) in [6.07, 6.45) is -0.544. The van der Waals surface area contributed by atoms with Gasteiger partial charge in [0.15, 0.2) is 0 Å². The second-order valence-electron chi connectivity index (χ2n) is 8.84. The van der Waals surface area contributed by atoms with Gasteiger partial charge in [0.05, 0.1) is 7.11 Å². The molecule has 30 heavy (non-hydrogen) atoms. The molecule has 1 N–H and O–H groups in total. The molecule has 0 unspecified atom stereocenters. The third-order valence-corrected chi connectivity index (χ3v) is 5.68. The lowest BCUT2D eigenvalue weighted by atomic mass is 9.86. The molecule has 1 aliphatic rings. The molecule has 2 aromatic carbocycles. The van der Waals surface area contributed by atoms with E-state index in [-0.39, 0.29) is 12.0 Å². The van der Waals surface area contributed by atoms with E-state index in [1.807, 2.05) is 36.4 Å². The third-order valence-electron chi connectivity index (χ3n) is 5.44. The monoisotopic (exact) mass is 432 g/mol. The average Bonchev–Trinajstić information content (AvgIpc) is 2.72. The van der Waals surface area contributed by atoms with E-state index in [0.717, 1.165) is 54.0 Å². The summed E-state index contributed by atoms with van der Waals surface area (Å²) in [5.41, 5.74) is 2.15. The van der Waals surface area contributed by atoms with Gasteiger partial charge in [0.2, 0.25) is 0 Å². The summed E-state index contributed by atoms with van der Waals surface area (Å²) in [6, 6.07) is 13.8. The van der Waals surface area contributed by atoms with Crippen LogP contribution in [0.25, 0.3) is 0 Å². The van der Waals surface area contributed by atoms with Crippen LogP contribution in [0.3, 0.4) is 0 Å². The van der Waals surface area contributed by atoms with Gasteiger partial charge in [-0.1, -0.05) is 38.4 Å². The summed E-state index contributed by atoms with van der Waals surface area (Å²) >= 11 is 6.11. The fourth-order valence-electron chi connectivity index (χ4n) is 3.75. The summed E-state index contributed by atoms with van der Waals surface area (Å²) in [4.78, 5) is 4.62. The predicted octanol–water partition coefficient (Wildman–Crippen LogP) is 4.21. The summed E-state index contributed by atoms with van der Waals surface area (Å²) < 4.78 is 11.4. The summed E-state index contributed by atoms with van der Waals surface area (Å²) in [5.74, 6) is 1.61. The predicted molar refractivity (Wildman–Crippen MR) is 123 cm³/mol. The molecule has 0 spiro atoms. The number of halogens is 1. The molecule has 1 aliphatic heterocycles. The van der Waals surface area contributed by atoms with Crippen molar-refractivity contribution in [1.82, 2.24) is 4.90 Å². The minimum absolute atomic E-state index is 0.0779. The SMILES string of the molecule is COc1ccc(OC[C@H](O)CN2CCN(c3cccc(Cl)c3)CC2)c(C(C)(C)C)c1. The largest absolute Gasteiger partial charge is 0.497 e. The Hall–Kier alpha value is -1.95. The number of rotatable bonds is 7. The van der Waals surface area contributed by atoms with Crippen LogP contribution in [0.2, 0.25) is 5.02 Å². The highest BCUT2D eigenvalue weighted by Gasteiger charge is 2.22. The van der Waals surface area contributed by atoms with Crippen LogP contribution >= 0.6 is 11.6 Å². The van der Waals surface area contributed by atoms with Crippen LogP contribution in [0, 0.1) is 0 Å². The topological polar surface area (TPSA) is 45.2 Å². The molecule has 0 amide bonds.